The maximum atomic E-state index is 12.8. The van der Waals surface area contributed by atoms with Crippen molar-refractivity contribution in [1.82, 2.24) is 4.90 Å². The lowest BCUT2D eigenvalue weighted by molar-refractivity contribution is -0.145. The molecule has 1 aliphatic carbocycles. The lowest BCUT2D eigenvalue weighted by Crippen LogP contribution is -2.46. The van der Waals surface area contributed by atoms with Gasteiger partial charge in [0.05, 0.1) is 13.4 Å². The van der Waals surface area contributed by atoms with Gasteiger partial charge in [-0.05, 0) is 38.2 Å². The molecule has 2 fully saturated rings. The Hall–Kier alpha value is -1.78. The summed E-state index contributed by atoms with van der Waals surface area (Å²) in [7, 11) is 1.38. The highest BCUT2D eigenvalue weighted by Gasteiger charge is 2.48. The fraction of sp³-hybridized carbons (Fsp3) is 0.625. The quantitative estimate of drug-likeness (QED) is 0.786. The Labute approximate surface area is 124 Å². The van der Waals surface area contributed by atoms with Crippen LogP contribution >= 0.6 is 0 Å². The molecule has 1 saturated carbocycles. The number of hydrogen-bond donors (Lipinski definition) is 0. The second kappa shape index (κ2) is 5.54. The number of furan rings is 1. The molecule has 0 unspecified atom stereocenters. The number of fused-ring (bicyclic) bond motifs is 1. The zero-order valence-electron chi connectivity index (χ0n) is 12.5. The third kappa shape index (κ3) is 2.34. The maximum Gasteiger partial charge on any atom is 0.328 e. The first-order valence-electron chi connectivity index (χ1n) is 7.58. The number of carbonyl (C=O) groups excluding carboxylic acids is 2. The predicted octanol–water partition coefficient (Wildman–Crippen LogP) is 2.53. The number of aryl methyl sites for hydroxylation is 1. The minimum absolute atomic E-state index is 0.139. The van der Waals surface area contributed by atoms with E-state index < -0.39 is 6.04 Å². The van der Waals surface area contributed by atoms with Crippen molar-refractivity contribution in [3.63, 3.8) is 0 Å². The molecule has 2 aliphatic rings. The minimum atomic E-state index is -0.472. The number of ether oxygens (including phenoxy) is 1. The van der Waals surface area contributed by atoms with Crippen LogP contribution in [0.15, 0.2) is 16.7 Å². The van der Waals surface area contributed by atoms with E-state index in [-0.39, 0.29) is 17.9 Å². The van der Waals surface area contributed by atoms with Crippen molar-refractivity contribution in [2.45, 2.75) is 51.1 Å². The van der Waals surface area contributed by atoms with Gasteiger partial charge in [-0.15, -0.1) is 0 Å². The van der Waals surface area contributed by atoms with Gasteiger partial charge in [0.25, 0.3) is 5.91 Å². The highest BCUT2D eigenvalue weighted by Crippen LogP contribution is 2.41. The van der Waals surface area contributed by atoms with Crippen LogP contribution in [-0.2, 0) is 9.53 Å². The minimum Gasteiger partial charge on any atom is -0.467 e. The van der Waals surface area contributed by atoms with Gasteiger partial charge in [0.15, 0.2) is 5.76 Å². The van der Waals surface area contributed by atoms with E-state index in [0.717, 1.165) is 24.8 Å². The number of rotatable bonds is 2. The van der Waals surface area contributed by atoms with Gasteiger partial charge in [-0.25, -0.2) is 4.79 Å². The van der Waals surface area contributed by atoms with Gasteiger partial charge in [-0.3, -0.25) is 4.79 Å². The van der Waals surface area contributed by atoms with Crippen LogP contribution < -0.4 is 0 Å². The second-order valence-electron chi connectivity index (χ2n) is 6.03. The highest BCUT2D eigenvalue weighted by atomic mass is 16.5. The Kier molecular flexibility index (Phi) is 3.74. The molecule has 3 rings (SSSR count). The van der Waals surface area contributed by atoms with Gasteiger partial charge in [0.2, 0.25) is 0 Å². The molecule has 0 radical (unpaired) electrons. The van der Waals surface area contributed by atoms with Gasteiger partial charge in [-0.1, -0.05) is 12.8 Å². The molecular formula is C16H21NO4. The largest absolute Gasteiger partial charge is 0.467 e. The lowest BCUT2D eigenvalue weighted by atomic mass is 9.84. The fourth-order valence-electron chi connectivity index (χ4n) is 3.81. The summed E-state index contributed by atoms with van der Waals surface area (Å²) in [5, 5.41) is 0. The van der Waals surface area contributed by atoms with Crippen LogP contribution in [0.4, 0.5) is 0 Å². The number of likely N-dealkylation sites (tertiary alicyclic amines) is 1. The van der Waals surface area contributed by atoms with E-state index in [2.05, 4.69) is 0 Å². The first-order chi connectivity index (χ1) is 10.1. The molecule has 1 amide bonds. The summed E-state index contributed by atoms with van der Waals surface area (Å²) < 4.78 is 10.2. The first kappa shape index (κ1) is 14.2. The van der Waals surface area contributed by atoms with E-state index in [1.807, 2.05) is 6.92 Å². The van der Waals surface area contributed by atoms with Crippen molar-refractivity contribution in [2.75, 3.05) is 7.11 Å². The van der Waals surface area contributed by atoms with Crippen molar-refractivity contribution in [2.24, 2.45) is 5.92 Å². The molecule has 3 atom stereocenters. The van der Waals surface area contributed by atoms with Crippen molar-refractivity contribution >= 4 is 11.9 Å². The second-order valence-corrected chi connectivity index (χ2v) is 6.03. The summed E-state index contributed by atoms with van der Waals surface area (Å²) in [4.78, 5) is 26.6. The number of nitrogens with zero attached hydrogens (tertiary/aromatic N) is 1. The summed E-state index contributed by atoms with van der Waals surface area (Å²) in [6, 6.07) is 1.44. The van der Waals surface area contributed by atoms with Crippen LogP contribution in [0.3, 0.4) is 0 Å². The first-order valence-corrected chi connectivity index (χ1v) is 7.58. The van der Waals surface area contributed by atoms with Crippen LogP contribution in [0.25, 0.3) is 0 Å². The van der Waals surface area contributed by atoms with E-state index in [9.17, 15) is 9.59 Å². The Morgan fingerprint density at radius 1 is 1.33 bits per heavy atom. The van der Waals surface area contributed by atoms with Gasteiger partial charge in [-0.2, -0.15) is 0 Å². The summed E-state index contributed by atoms with van der Waals surface area (Å²) >= 11 is 0. The lowest BCUT2D eigenvalue weighted by Gasteiger charge is -2.32. The van der Waals surface area contributed by atoms with Crippen molar-refractivity contribution in [3.05, 3.63) is 23.7 Å². The standard InChI is InChI=1S/C16H21NO4/c1-10-7-8-21-14(10)15(18)17-12-6-4-3-5-11(12)9-13(17)16(19)20-2/h7-8,11-13H,3-6,9H2,1-2H3/t11-,12-,13+/m1/s1. The third-order valence-corrected chi connectivity index (χ3v) is 4.85. The topological polar surface area (TPSA) is 59.8 Å². The number of methoxy groups -OCH3 is 1. The molecule has 0 bridgehead atoms. The monoisotopic (exact) mass is 291 g/mol. The van der Waals surface area contributed by atoms with Crippen LogP contribution in [0.1, 0.15) is 48.2 Å². The molecule has 1 aliphatic heterocycles. The molecule has 1 aromatic rings. The zero-order chi connectivity index (χ0) is 15.0. The molecule has 1 saturated heterocycles. The molecule has 5 heteroatoms. The van der Waals surface area contributed by atoms with Gasteiger partial charge >= 0.3 is 5.97 Å². The summed E-state index contributed by atoms with van der Waals surface area (Å²) in [6.45, 7) is 1.85. The number of carbonyl (C=O) groups is 2. The summed E-state index contributed by atoms with van der Waals surface area (Å²) in [6.07, 6.45) is 6.56. The highest BCUT2D eigenvalue weighted by molar-refractivity contribution is 5.96. The van der Waals surface area contributed by atoms with Gasteiger partial charge < -0.3 is 14.1 Å². The molecular weight excluding hydrogens is 270 g/mol. The average molecular weight is 291 g/mol. The molecule has 21 heavy (non-hydrogen) atoms. The molecule has 1 aromatic heterocycles. The third-order valence-electron chi connectivity index (χ3n) is 4.85. The van der Waals surface area contributed by atoms with E-state index in [1.54, 1.807) is 11.0 Å². The number of esters is 1. The normalized spacial score (nSPS) is 28.3. The molecule has 2 heterocycles. The zero-order valence-corrected chi connectivity index (χ0v) is 12.5. The molecule has 0 spiro atoms. The Morgan fingerprint density at radius 2 is 2.10 bits per heavy atom. The molecule has 5 nitrogen and oxygen atoms in total. The summed E-state index contributed by atoms with van der Waals surface area (Å²) in [5.74, 6) is 0.251. The molecule has 0 aromatic carbocycles. The van der Waals surface area contributed by atoms with E-state index >= 15 is 0 Å². The Morgan fingerprint density at radius 3 is 2.76 bits per heavy atom. The van der Waals surface area contributed by atoms with Crippen molar-refractivity contribution in [1.29, 1.82) is 0 Å². The summed E-state index contributed by atoms with van der Waals surface area (Å²) in [5.41, 5.74) is 0.808. The van der Waals surface area contributed by atoms with E-state index in [4.69, 9.17) is 9.15 Å². The maximum absolute atomic E-state index is 12.8. The van der Waals surface area contributed by atoms with Gasteiger partial charge in [0, 0.05) is 11.6 Å². The van der Waals surface area contributed by atoms with Crippen LogP contribution in [-0.4, -0.2) is 36.0 Å². The van der Waals surface area contributed by atoms with Crippen LogP contribution in [0.5, 0.6) is 0 Å². The van der Waals surface area contributed by atoms with Crippen LogP contribution in [0.2, 0.25) is 0 Å². The molecule has 114 valence electrons. The number of amides is 1. The van der Waals surface area contributed by atoms with Crippen LogP contribution in [0, 0.1) is 12.8 Å². The van der Waals surface area contributed by atoms with E-state index in [1.165, 1.54) is 19.8 Å². The smallest absolute Gasteiger partial charge is 0.328 e. The predicted molar refractivity (Wildman–Crippen MR) is 75.8 cm³/mol. The van der Waals surface area contributed by atoms with Gasteiger partial charge in [0.1, 0.15) is 6.04 Å². The number of hydrogen-bond acceptors (Lipinski definition) is 4. The fourth-order valence-corrected chi connectivity index (χ4v) is 3.81. The molecule has 0 N–H and O–H groups in total. The van der Waals surface area contributed by atoms with Crippen molar-refractivity contribution < 1.29 is 18.7 Å². The van der Waals surface area contributed by atoms with Crippen molar-refractivity contribution in [3.8, 4) is 0 Å². The Bertz CT molecular complexity index is 550. The SMILES string of the molecule is COC(=O)[C@@H]1C[C@H]2CCCC[C@H]2N1C(=O)c1occc1C. The average Bonchev–Trinajstić information content (AvgIpc) is 3.09. The van der Waals surface area contributed by atoms with E-state index in [0.29, 0.717) is 18.1 Å². The Balaban J connectivity index is 1.93.